The van der Waals surface area contributed by atoms with E-state index in [0.29, 0.717) is 5.69 Å². The number of amides is 1. The van der Waals surface area contributed by atoms with Crippen molar-refractivity contribution in [1.82, 2.24) is 15.5 Å². The molecule has 0 spiro atoms. The van der Waals surface area contributed by atoms with E-state index in [9.17, 15) is 9.90 Å². The Morgan fingerprint density at radius 1 is 1.44 bits per heavy atom. The minimum atomic E-state index is -0.777. The van der Waals surface area contributed by atoms with Gasteiger partial charge in [-0.05, 0) is 12.8 Å². The largest absolute Gasteiger partial charge is 0.396 e. The predicted octanol–water partition coefficient (Wildman–Crippen LogP) is 0.807. The van der Waals surface area contributed by atoms with Gasteiger partial charge < -0.3 is 16.2 Å². The Hall–Kier alpha value is -1.56. The van der Waals surface area contributed by atoms with Crippen LogP contribution < -0.4 is 11.1 Å². The number of hydrogen-bond donors (Lipinski definition) is 4. The topological polar surface area (TPSA) is 104 Å². The zero-order chi connectivity index (χ0) is 13.0. The molecular weight excluding hydrogens is 232 g/mol. The third-order valence-corrected chi connectivity index (χ3v) is 3.51. The number of nitrogens with zero attached hydrogens (tertiary/aromatic N) is 1. The van der Waals surface area contributed by atoms with Gasteiger partial charge in [0.15, 0.2) is 0 Å². The van der Waals surface area contributed by atoms with Crippen molar-refractivity contribution in [2.24, 2.45) is 0 Å². The number of aromatic nitrogens is 2. The first-order valence-electron chi connectivity index (χ1n) is 6.40. The summed E-state index contributed by atoms with van der Waals surface area (Å²) in [6, 6.07) is 0. The van der Waals surface area contributed by atoms with Gasteiger partial charge in [-0.15, -0.1) is 0 Å². The smallest absolute Gasteiger partial charge is 0.271 e. The van der Waals surface area contributed by atoms with Crippen molar-refractivity contribution >= 4 is 11.6 Å². The fraction of sp³-hybridized carbons (Fsp3) is 0.667. The standard InChI is InChI=1S/C12H20N4O2/c13-9-7-15-16-10(9)11(17)14-8-12(18)5-3-1-2-4-6-12/h7,18H,1-6,8,13H2,(H,14,17)(H,15,16). The van der Waals surface area contributed by atoms with Crippen LogP contribution in [0.1, 0.15) is 49.0 Å². The quantitative estimate of drug-likeness (QED) is 0.597. The van der Waals surface area contributed by atoms with E-state index in [0.717, 1.165) is 38.5 Å². The van der Waals surface area contributed by atoms with E-state index >= 15 is 0 Å². The number of carbonyl (C=O) groups excluding carboxylic acids is 1. The number of nitrogen functional groups attached to an aromatic ring is 1. The monoisotopic (exact) mass is 252 g/mol. The van der Waals surface area contributed by atoms with Gasteiger partial charge >= 0.3 is 0 Å². The number of carbonyl (C=O) groups is 1. The van der Waals surface area contributed by atoms with Crippen LogP contribution in [-0.4, -0.2) is 33.4 Å². The lowest BCUT2D eigenvalue weighted by Crippen LogP contribution is -2.42. The molecule has 0 radical (unpaired) electrons. The SMILES string of the molecule is Nc1cn[nH]c1C(=O)NCC1(O)CCCCCC1. The lowest BCUT2D eigenvalue weighted by Gasteiger charge is -2.26. The Labute approximate surface area is 106 Å². The van der Waals surface area contributed by atoms with Gasteiger partial charge in [-0.3, -0.25) is 9.89 Å². The molecule has 1 amide bonds. The zero-order valence-electron chi connectivity index (χ0n) is 10.4. The van der Waals surface area contributed by atoms with Crippen molar-refractivity contribution in [3.63, 3.8) is 0 Å². The number of rotatable bonds is 3. The van der Waals surface area contributed by atoms with Gasteiger partial charge in [0, 0.05) is 6.54 Å². The van der Waals surface area contributed by atoms with Crippen LogP contribution in [0.5, 0.6) is 0 Å². The first-order valence-corrected chi connectivity index (χ1v) is 6.40. The maximum Gasteiger partial charge on any atom is 0.271 e. The molecule has 0 unspecified atom stereocenters. The van der Waals surface area contributed by atoms with Crippen LogP contribution in [0.15, 0.2) is 6.20 Å². The van der Waals surface area contributed by atoms with Crippen LogP contribution >= 0.6 is 0 Å². The average molecular weight is 252 g/mol. The van der Waals surface area contributed by atoms with E-state index < -0.39 is 5.60 Å². The second-order valence-corrected chi connectivity index (χ2v) is 5.02. The molecule has 6 nitrogen and oxygen atoms in total. The average Bonchev–Trinajstić information content (AvgIpc) is 2.65. The van der Waals surface area contributed by atoms with Crippen molar-refractivity contribution < 1.29 is 9.90 Å². The predicted molar refractivity (Wildman–Crippen MR) is 68.0 cm³/mol. The highest BCUT2D eigenvalue weighted by atomic mass is 16.3. The van der Waals surface area contributed by atoms with E-state index in [1.165, 1.54) is 6.20 Å². The molecule has 2 rings (SSSR count). The number of aromatic amines is 1. The Morgan fingerprint density at radius 3 is 2.67 bits per heavy atom. The van der Waals surface area contributed by atoms with E-state index in [2.05, 4.69) is 15.5 Å². The van der Waals surface area contributed by atoms with Gasteiger partial charge in [0.2, 0.25) is 0 Å². The highest BCUT2D eigenvalue weighted by Gasteiger charge is 2.28. The highest BCUT2D eigenvalue weighted by Crippen LogP contribution is 2.26. The van der Waals surface area contributed by atoms with Gasteiger partial charge in [0.1, 0.15) is 5.69 Å². The number of aliphatic hydroxyl groups is 1. The van der Waals surface area contributed by atoms with Gasteiger partial charge in [-0.2, -0.15) is 5.10 Å². The molecule has 1 aromatic heterocycles. The van der Waals surface area contributed by atoms with Gasteiger partial charge in [0.05, 0.1) is 17.5 Å². The molecule has 1 heterocycles. The van der Waals surface area contributed by atoms with Crippen molar-refractivity contribution in [1.29, 1.82) is 0 Å². The summed E-state index contributed by atoms with van der Waals surface area (Å²) >= 11 is 0. The molecule has 0 saturated heterocycles. The lowest BCUT2D eigenvalue weighted by molar-refractivity contribution is 0.0246. The van der Waals surface area contributed by atoms with E-state index in [1.54, 1.807) is 0 Å². The summed E-state index contributed by atoms with van der Waals surface area (Å²) in [5, 5.41) is 19.4. The fourth-order valence-electron chi connectivity index (χ4n) is 2.37. The van der Waals surface area contributed by atoms with Crippen molar-refractivity contribution in [3.05, 3.63) is 11.9 Å². The third kappa shape index (κ3) is 3.01. The summed E-state index contributed by atoms with van der Waals surface area (Å²) in [4.78, 5) is 11.8. The van der Waals surface area contributed by atoms with E-state index in [1.807, 2.05) is 0 Å². The van der Waals surface area contributed by atoms with Gasteiger partial charge in [-0.25, -0.2) is 0 Å². The van der Waals surface area contributed by atoms with Crippen molar-refractivity contribution in [3.8, 4) is 0 Å². The third-order valence-electron chi connectivity index (χ3n) is 3.51. The molecule has 18 heavy (non-hydrogen) atoms. The molecule has 0 atom stereocenters. The number of nitrogens with two attached hydrogens (primary N) is 1. The molecule has 1 saturated carbocycles. The summed E-state index contributed by atoms with van der Waals surface area (Å²) in [6.07, 6.45) is 7.22. The molecule has 5 N–H and O–H groups in total. The molecule has 6 heteroatoms. The molecule has 0 bridgehead atoms. The van der Waals surface area contributed by atoms with Crippen LogP contribution in [0.3, 0.4) is 0 Å². The molecule has 1 aliphatic carbocycles. The van der Waals surface area contributed by atoms with Crippen LogP contribution in [0.2, 0.25) is 0 Å². The van der Waals surface area contributed by atoms with E-state index in [-0.39, 0.29) is 18.1 Å². The Bertz CT molecular complexity index is 408. The molecule has 0 aromatic carbocycles. The van der Waals surface area contributed by atoms with Crippen molar-refractivity contribution in [2.45, 2.75) is 44.1 Å². The molecular formula is C12H20N4O2. The minimum Gasteiger partial charge on any atom is -0.396 e. The number of anilines is 1. The summed E-state index contributed by atoms with van der Waals surface area (Å²) < 4.78 is 0. The first kappa shape index (κ1) is 12.9. The fourth-order valence-corrected chi connectivity index (χ4v) is 2.37. The van der Waals surface area contributed by atoms with Gasteiger partial charge in [-0.1, -0.05) is 25.7 Å². The van der Waals surface area contributed by atoms with Crippen molar-refractivity contribution in [2.75, 3.05) is 12.3 Å². The highest BCUT2D eigenvalue weighted by molar-refractivity contribution is 5.96. The summed E-state index contributed by atoms with van der Waals surface area (Å²) in [7, 11) is 0. The molecule has 1 fully saturated rings. The number of nitrogens with one attached hydrogen (secondary N) is 2. The summed E-state index contributed by atoms with van der Waals surface area (Å²) in [5.41, 5.74) is 5.39. The zero-order valence-corrected chi connectivity index (χ0v) is 10.4. The Morgan fingerprint density at radius 2 is 2.11 bits per heavy atom. The number of H-pyrrole nitrogens is 1. The maximum absolute atomic E-state index is 11.8. The maximum atomic E-state index is 11.8. The van der Waals surface area contributed by atoms with Crippen LogP contribution in [-0.2, 0) is 0 Å². The first-order chi connectivity index (χ1) is 8.61. The van der Waals surface area contributed by atoms with Gasteiger partial charge in [0.25, 0.3) is 5.91 Å². The van der Waals surface area contributed by atoms with Crippen LogP contribution in [0, 0.1) is 0 Å². The minimum absolute atomic E-state index is 0.257. The van der Waals surface area contributed by atoms with Crippen LogP contribution in [0.25, 0.3) is 0 Å². The normalized spacial score (nSPS) is 19.2. The number of hydrogen-bond acceptors (Lipinski definition) is 4. The van der Waals surface area contributed by atoms with Crippen LogP contribution in [0.4, 0.5) is 5.69 Å². The van der Waals surface area contributed by atoms with E-state index in [4.69, 9.17) is 5.73 Å². The lowest BCUT2D eigenvalue weighted by atomic mass is 9.94. The Balaban J connectivity index is 1.90. The Kier molecular flexibility index (Phi) is 3.86. The summed E-state index contributed by atoms with van der Waals surface area (Å²) in [6.45, 7) is 0.268. The molecule has 1 aliphatic rings. The molecule has 0 aliphatic heterocycles. The summed E-state index contributed by atoms with van der Waals surface area (Å²) in [5.74, 6) is -0.317. The second-order valence-electron chi connectivity index (χ2n) is 5.02. The molecule has 100 valence electrons. The second kappa shape index (κ2) is 5.39. The molecule has 1 aromatic rings.